The molecule has 0 unspecified atom stereocenters. The highest BCUT2D eigenvalue weighted by molar-refractivity contribution is 6.03. The Hall–Kier alpha value is -6.12. The number of amides is 2. The predicted octanol–water partition coefficient (Wildman–Crippen LogP) is 4.39. The van der Waals surface area contributed by atoms with Crippen LogP contribution in [0.25, 0.3) is 22.1 Å². The van der Waals surface area contributed by atoms with E-state index in [1.165, 1.54) is 12.1 Å². The highest BCUT2D eigenvalue weighted by atomic mass is 16.4. The van der Waals surface area contributed by atoms with E-state index in [-0.39, 0.29) is 29.6 Å². The van der Waals surface area contributed by atoms with Crippen LogP contribution >= 0.6 is 0 Å². The number of nitrogens with one attached hydrogen (secondary N) is 1. The number of nitrogens with zero attached hydrogens (tertiary/aromatic N) is 8. The maximum absolute atomic E-state index is 13.5. The molecule has 6 rings (SSSR count). The number of carbonyl (C=O) groups is 4. The van der Waals surface area contributed by atoms with Crippen molar-refractivity contribution in [3.8, 4) is 0 Å². The number of anilines is 1. The molecule has 258 valence electrons. The number of hydrogen-bond donors (Lipinski definition) is 3. The zero-order valence-electron chi connectivity index (χ0n) is 28.3. The molecule has 0 aliphatic carbocycles. The molecule has 4 N–H and O–H groups in total. The summed E-state index contributed by atoms with van der Waals surface area (Å²) in [6.45, 7) is 9.50. The number of hydrogen-bond acceptors (Lipinski definition) is 8. The molecule has 15 nitrogen and oxygen atoms in total. The summed E-state index contributed by atoms with van der Waals surface area (Å²) in [7, 11) is 0. The first-order valence-corrected chi connectivity index (χ1v) is 16.4. The van der Waals surface area contributed by atoms with Crippen molar-refractivity contribution in [2.75, 3.05) is 5.32 Å². The van der Waals surface area contributed by atoms with Crippen LogP contribution in [0.5, 0.6) is 0 Å². The van der Waals surface area contributed by atoms with Crippen LogP contribution in [0.2, 0.25) is 0 Å². The number of nitrogens with two attached hydrogens (primary N) is 1. The minimum Gasteiger partial charge on any atom is -0.478 e. The minimum atomic E-state index is -1.08. The molecular formula is C35H38N10O5. The number of carbonyl (C=O) groups excluding carboxylic acids is 3. The second-order valence-electron chi connectivity index (χ2n) is 12.1. The number of fused-ring (bicyclic) bond motifs is 2. The van der Waals surface area contributed by atoms with E-state index in [9.17, 15) is 24.3 Å². The lowest BCUT2D eigenvalue weighted by Crippen LogP contribution is -2.20. The van der Waals surface area contributed by atoms with Crippen LogP contribution in [0.4, 0.5) is 5.95 Å². The van der Waals surface area contributed by atoms with Crippen molar-refractivity contribution >= 4 is 51.6 Å². The Bertz CT molecular complexity index is 2130. The number of carboxylic acids is 1. The average molecular weight is 679 g/mol. The van der Waals surface area contributed by atoms with E-state index in [0.717, 1.165) is 11.2 Å². The molecule has 4 aromatic heterocycles. The van der Waals surface area contributed by atoms with Gasteiger partial charge in [0.25, 0.3) is 5.91 Å². The Kier molecular flexibility index (Phi) is 9.31. The molecular weight excluding hydrogens is 640 g/mol. The number of rotatable bonds is 14. The fourth-order valence-corrected chi connectivity index (χ4v) is 6.22. The molecule has 0 aliphatic heterocycles. The summed E-state index contributed by atoms with van der Waals surface area (Å²) in [6, 6.07) is 13.2. The van der Waals surface area contributed by atoms with E-state index in [1.54, 1.807) is 45.8 Å². The van der Waals surface area contributed by atoms with Gasteiger partial charge < -0.3 is 20.0 Å². The zero-order chi connectivity index (χ0) is 35.7. The summed E-state index contributed by atoms with van der Waals surface area (Å²) >= 11 is 0. The van der Waals surface area contributed by atoms with Crippen molar-refractivity contribution in [2.45, 2.75) is 73.1 Å². The van der Waals surface area contributed by atoms with Gasteiger partial charge in [-0.2, -0.15) is 10.2 Å². The van der Waals surface area contributed by atoms with Gasteiger partial charge >= 0.3 is 5.97 Å². The van der Waals surface area contributed by atoms with Crippen LogP contribution in [0, 0.1) is 13.8 Å². The first kappa shape index (κ1) is 33.8. The molecule has 0 spiro atoms. The molecule has 0 bridgehead atoms. The molecule has 0 saturated heterocycles. The van der Waals surface area contributed by atoms with Gasteiger partial charge in [-0.1, -0.05) is 0 Å². The van der Waals surface area contributed by atoms with Crippen molar-refractivity contribution in [1.82, 2.24) is 38.7 Å². The van der Waals surface area contributed by atoms with E-state index < -0.39 is 11.9 Å². The number of Topliss-reactive ketones (excluding diaryl/α,β-unsaturated/α-hetero) is 1. The van der Waals surface area contributed by atoms with Gasteiger partial charge in [-0.3, -0.25) is 29.1 Å². The fraction of sp³-hybridized carbons (Fsp3) is 0.314. The number of ketones is 1. The third-order valence-electron chi connectivity index (χ3n) is 8.59. The van der Waals surface area contributed by atoms with Crippen molar-refractivity contribution < 1.29 is 24.3 Å². The summed E-state index contributed by atoms with van der Waals surface area (Å²) in [6.07, 6.45) is 1.32. The van der Waals surface area contributed by atoms with Crippen LogP contribution in [-0.4, -0.2) is 67.3 Å². The monoisotopic (exact) mass is 678 g/mol. The molecule has 4 heterocycles. The highest BCUT2D eigenvalue weighted by Gasteiger charge is 2.21. The van der Waals surface area contributed by atoms with Crippen LogP contribution in [-0.2, 0) is 32.6 Å². The van der Waals surface area contributed by atoms with Crippen molar-refractivity contribution in [3.05, 3.63) is 88.3 Å². The van der Waals surface area contributed by atoms with Crippen LogP contribution in [0.15, 0.2) is 48.5 Å². The molecule has 50 heavy (non-hydrogen) atoms. The Morgan fingerprint density at radius 1 is 0.760 bits per heavy atom. The van der Waals surface area contributed by atoms with Crippen LogP contribution in [0.3, 0.4) is 0 Å². The molecule has 15 heteroatoms. The number of carboxylic acid groups (broad SMARTS) is 1. The number of benzene rings is 2. The maximum Gasteiger partial charge on any atom is 0.335 e. The maximum atomic E-state index is 13.5. The number of unbranched alkanes of at least 4 members (excludes halogenated alkanes) is 1. The molecule has 0 saturated carbocycles. The lowest BCUT2D eigenvalue weighted by Gasteiger charge is -2.12. The highest BCUT2D eigenvalue weighted by Crippen LogP contribution is 2.25. The van der Waals surface area contributed by atoms with Gasteiger partial charge in [0, 0.05) is 31.7 Å². The lowest BCUT2D eigenvalue weighted by molar-refractivity contribution is 0.0696. The topological polar surface area (TPSA) is 198 Å². The Morgan fingerprint density at radius 2 is 1.32 bits per heavy atom. The van der Waals surface area contributed by atoms with Gasteiger partial charge in [-0.15, -0.1) is 0 Å². The summed E-state index contributed by atoms with van der Waals surface area (Å²) < 4.78 is 7.14. The molecule has 6 aromatic rings. The van der Waals surface area contributed by atoms with Gasteiger partial charge in [-0.05, 0) is 89.1 Å². The Balaban J connectivity index is 1.27. The molecule has 0 atom stereocenters. The predicted molar refractivity (Wildman–Crippen MR) is 185 cm³/mol. The molecule has 0 fully saturated rings. The van der Waals surface area contributed by atoms with Gasteiger partial charge in [-0.25, -0.2) is 14.8 Å². The van der Waals surface area contributed by atoms with Gasteiger partial charge in [0.2, 0.25) is 11.9 Å². The average Bonchev–Trinajstić information content (AvgIpc) is 3.84. The third-order valence-corrected chi connectivity index (χ3v) is 8.59. The quantitative estimate of drug-likeness (QED) is 0.110. The number of aromatic nitrogens is 8. The van der Waals surface area contributed by atoms with Crippen molar-refractivity contribution in [3.63, 3.8) is 0 Å². The first-order valence-electron chi connectivity index (χ1n) is 16.4. The van der Waals surface area contributed by atoms with Gasteiger partial charge in [0.1, 0.15) is 17.2 Å². The molecule has 2 aromatic carbocycles. The number of primary amides is 1. The SMILES string of the molecule is CCn1nc(C)cc1C(=O)Cc1nc2cc(C(N)=O)ccc2n1CCCCn1c(NC(=O)c2cc(C)nn2CC)nc2cc(C(=O)O)ccc21. The lowest BCUT2D eigenvalue weighted by atomic mass is 10.2. The van der Waals surface area contributed by atoms with E-state index in [1.807, 2.05) is 36.8 Å². The summed E-state index contributed by atoms with van der Waals surface area (Å²) in [4.78, 5) is 59.8. The summed E-state index contributed by atoms with van der Waals surface area (Å²) in [5.74, 6) is -1.30. The Morgan fingerprint density at radius 3 is 1.96 bits per heavy atom. The largest absolute Gasteiger partial charge is 0.478 e. The number of aryl methyl sites for hydroxylation is 6. The fourth-order valence-electron chi connectivity index (χ4n) is 6.22. The summed E-state index contributed by atoms with van der Waals surface area (Å²) in [5, 5.41) is 21.2. The summed E-state index contributed by atoms with van der Waals surface area (Å²) in [5.41, 5.74) is 10.7. The van der Waals surface area contributed by atoms with Gasteiger partial charge in [0.15, 0.2) is 5.78 Å². The minimum absolute atomic E-state index is 0.0355. The van der Waals surface area contributed by atoms with Gasteiger partial charge in [0.05, 0.1) is 45.4 Å². The smallest absolute Gasteiger partial charge is 0.335 e. The molecule has 2 amide bonds. The van der Waals surface area contributed by atoms with Crippen LogP contribution < -0.4 is 11.1 Å². The van der Waals surface area contributed by atoms with Crippen LogP contribution in [0.1, 0.15) is 85.6 Å². The third kappa shape index (κ3) is 6.61. The number of aromatic carboxylic acids is 1. The van der Waals surface area contributed by atoms with E-state index in [2.05, 4.69) is 20.5 Å². The first-order chi connectivity index (χ1) is 24.0. The van der Waals surface area contributed by atoms with E-state index in [4.69, 9.17) is 10.7 Å². The molecule has 0 aliphatic rings. The van der Waals surface area contributed by atoms with Crippen molar-refractivity contribution in [1.29, 1.82) is 0 Å². The zero-order valence-corrected chi connectivity index (χ0v) is 28.3. The number of imidazole rings is 2. The van der Waals surface area contributed by atoms with E-state index in [0.29, 0.717) is 84.0 Å². The second-order valence-corrected chi connectivity index (χ2v) is 12.1. The normalized spacial score (nSPS) is 11.4. The standard InChI is InChI=1S/C35H38N10O5/c1-5-44-28(15-20(3)40-44)30(46)19-31-37-24-17-22(32(36)47)9-11-26(24)42(31)13-7-8-14-43-27-12-10-23(34(49)50)18-25(27)38-35(43)39-33(48)29-16-21(4)41-45(29)6-2/h9-12,15-18H,5-8,13-14,19H2,1-4H3,(H2,36,47)(H,49,50)(H,38,39,48). The molecule has 0 radical (unpaired) electrons. The Labute approximate surface area is 286 Å². The second kappa shape index (κ2) is 13.8. The van der Waals surface area contributed by atoms with Crippen molar-refractivity contribution in [2.24, 2.45) is 5.73 Å². The van der Waals surface area contributed by atoms with E-state index >= 15 is 0 Å².